The number of amides is 1. The van der Waals surface area contributed by atoms with Crippen molar-refractivity contribution in [1.29, 1.82) is 0 Å². The van der Waals surface area contributed by atoms with E-state index in [1.54, 1.807) is 11.6 Å². The van der Waals surface area contributed by atoms with E-state index in [2.05, 4.69) is 43.7 Å². The Kier molecular flexibility index (Phi) is 7.43. The first-order valence-corrected chi connectivity index (χ1v) is 12.1. The highest BCUT2D eigenvalue weighted by atomic mass is 16.5. The molecule has 39 heavy (non-hydrogen) atoms. The molecule has 0 radical (unpaired) electrons. The maximum absolute atomic E-state index is 12.3. The Morgan fingerprint density at radius 2 is 1.85 bits per heavy atom. The summed E-state index contributed by atoms with van der Waals surface area (Å²) in [6, 6.07) is 7.62. The number of allylic oxidation sites excluding steroid dienone is 2. The lowest BCUT2D eigenvalue weighted by Gasteiger charge is -2.11. The van der Waals surface area contributed by atoms with E-state index < -0.39 is 0 Å². The molecular formula is C28H31N9O2. The van der Waals surface area contributed by atoms with Crippen molar-refractivity contribution < 1.29 is 9.53 Å². The molecule has 11 heteroatoms. The molecule has 0 atom stereocenters. The number of nitrogens with two attached hydrogens (primary N) is 1. The van der Waals surface area contributed by atoms with E-state index in [4.69, 9.17) is 10.5 Å². The number of anilines is 2. The molecule has 4 rings (SSSR count). The lowest BCUT2D eigenvalue weighted by molar-refractivity contribution is -0.112. The van der Waals surface area contributed by atoms with Crippen LogP contribution in [0.15, 0.2) is 64.5 Å². The normalized spacial score (nSPS) is 12.1. The van der Waals surface area contributed by atoms with Crippen molar-refractivity contribution in [3.63, 3.8) is 0 Å². The minimum atomic E-state index is -0.299. The van der Waals surface area contributed by atoms with Crippen LogP contribution in [-0.4, -0.2) is 43.0 Å². The molecule has 0 fully saturated rings. The molecule has 0 unspecified atom stereocenters. The predicted molar refractivity (Wildman–Crippen MR) is 156 cm³/mol. The van der Waals surface area contributed by atoms with Crippen LogP contribution < -0.4 is 15.8 Å². The maximum atomic E-state index is 12.3. The number of carbonyl (C=O) groups is 1. The summed E-state index contributed by atoms with van der Waals surface area (Å²) in [5.74, 6) is 1.04. The van der Waals surface area contributed by atoms with Gasteiger partial charge in [0.1, 0.15) is 23.5 Å². The summed E-state index contributed by atoms with van der Waals surface area (Å²) >= 11 is 0. The first kappa shape index (κ1) is 27.0. The quantitative estimate of drug-likeness (QED) is 0.211. The Morgan fingerprint density at radius 1 is 1.15 bits per heavy atom. The van der Waals surface area contributed by atoms with Gasteiger partial charge in [0.25, 0.3) is 5.91 Å². The van der Waals surface area contributed by atoms with Crippen LogP contribution in [0.25, 0.3) is 33.5 Å². The smallest absolute Gasteiger partial charge is 0.321 e. The first-order valence-electron chi connectivity index (χ1n) is 12.1. The van der Waals surface area contributed by atoms with Gasteiger partial charge in [-0.1, -0.05) is 24.8 Å². The number of carbonyl (C=O) groups excluding carboxylic acids is 1. The van der Waals surface area contributed by atoms with Crippen LogP contribution >= 0.6 is 0 Å². The van der Waals surface area contributed by atoms with Crippen LogP contribution in [0.4, 0.5) is 11.6 Å². The fourth-order valence-corrected chi connectivity index (χ4v) is 4.23. The third-order valence-corrected chi connectivity index (χ3v) is 6.30. The van der Waals surface area contributed by atoms with Crippen molar-refractivity contribution in [2.75, 3.05) is 11.1 Å². The monoisotopic (exact) mass is 525 g/mol. The number of aliphatic imine (C=N–C) groups is 2. The highest BCUT2D eigenvalue weighted by Gasteiger charge is 2.27. The fraction of sp³-hybridized carbons (Fsp3) is 0.214. The van der Waals surface area contributed by atoms with Crippen molar-refractivity contribution >= 4 is 41.3 Å². The number of nitrogen functional groups attached to an aromatic ring is 1. The Bertz CT molecular complexity index is 1670. The molecule has 1 amide bonds. The zero-order chi connectivity index (χ0) is 28.4. The number of aryl methyl sites for hydroxylation is 2. The average Bonchev–Trinajstić information content (AvgIpc) is 3.35. The molecule has 0 aliphatic heterocycles. The summed E-state index contributed by atoms with van der Waals surface area (Å²) in [7, 11) is 3.73. The Hall–Kier alpha value is -5.06. The SMILES string of the molecule is C=N/C(=N\C(C)=C/C)Oc1ccc(-c2c(-c3c(C)c(NC(=O)C(=C)C)nn3C)n(C)c3ncnc(N)c23)cc1. The summed E-state index contributed by atoms with van der Waals surface area (Å²) in [5, 5.41) is 8.11. The highest BCUT2D eigenvalue weighted by Crippen LogP contribution is 2.43. The highest BCUT2D eigenvalue weighted by molar-refractivity contribution is 6.08. The van der Waals surface area contributed by atoms with E-state index in [1.165, 1.54) is 6.33 Å². The molecular weight excluding hydrogens is 494 g/mol. The van der Waals surface area contributed by atoms with E-state index in [-0.39, 0.29) is 11.9 Å². The number of ether oxygens (including phenoxy) is 1. The number of hydrogen-bond donors (Lipinski definition) is 2. The van der Waals surface area contributed by atoms with Gasteiger partial charge in [-0.25, -0.2) is 20.0 Å². The second-order valence-corrected chi connectivity index (χ2v) is 9.03. The maximum Gasteiger partial charge on any atom is 0.321 e. The molecule has 0 spiro atoms. The summed E-state index contributed by atoms with van der Waals surface area (Å²) < 4.78 is 9.50. The minimum Gasteiger partial charge on any atom is -0.424 e. The number of benzene rings is 1. The van der Waals surface area contributed by atoms with E-state index >= 15 is 0 Å². The lowest BCUT2D eigenvalue weighted by atomic mass is 9.99. The number of amidine groups is 1. The van der Waals surface area contributed by atoms with E-state index in [9.17, 15) is 4.79 Å². The van der Waals surface area contributed by atoms with Crippen molar-refractivity contribution in [2.45, 2.75) is 27.7 Å². The van der Waals surface area contributed by atoms with Gasteiger partial charge in [-0.15, -0.1) is 0 Å². The molecule has 1 aromatic carbocycles. The van der Waals surface area contributed by atoms with Crippen LogP contribution in [0.2, 0.25) is 0 Å². The van der Waals surface area contributed by atoms with Gasteiger partial charge in [0.15, 0.2) is 5.82 Å². The Balaban J connectivity index is 1.89. The van der Waals surface area contributed by atoms with Crippen LogP contribution in [0.5, 0.6) is 5.75 Å². The van der Waals surface area contributed by atoms with Gasteiger partial charge in [0, 0.05) is 36.5 Å². The zero-order valence-electron chi connectivity index (χ0n) is 22.9. The second kappa shape index (κ2) is 10.7. The molecule has 4 aromatic rings. The lowest BCUT2D eigenvalue weighted by Crippen LogP contribution is -2.13. The standard InChI is InChI=1S/C28H31N9O2/c1-9-16(4)33-28(30-6)39-19-12-10-18(11-13-19)20-21-24(29)31-14-32-26(21)36(7)23(20)22-17(5)25(35-37(22)8)34-27(38)15(2)3/h9-14H,2,6H2,1,3-5,7-8H3,(H2,29,31,32)(H,34,35,38)/b16-9-,33-28+. The molecule has 3 N–H and O–H groups in total. The number of aromatic nitrogens is 5. The number of rotatable bonds is 6. The van der Waals surface area contributed by atoms with Gasteiger partial charge in [0.2, 0.25) is 0 Å². The first-order chi connectivity index (χ1) is 18.6. The molecule has 0 aliphatic rings. The summed E-state index contributed by atoms with van der Waals surface area (Å²) in [6.45, 7) is 14.5. The number of fused-ring (bicyclic) bond motifs is 1. The van der Waals surface area contributed by atoms with Crippen molar-refractivity contribution in [3.05, 3.63) is 60.1 Å². The molecule has 200 valence electrons. The summed E-state index contributed by atoms with van der Waals surface area (Å²) in [6.07, 6.45) is 3.29. The van der Waals surface area contributed by atoms with Gasteiger partial charge < -0.3 is 20.4 Å². The van der Waals surface area contributed by atoms with Gasteiger partial charge >= 0.3 is 6.02 Å². The van der Waals surface area contributed by atoms with E-state index in [0.29, 0.717) is 34.0 Å². The Labute approximate surface area is 226 Å². The molecule has 0 bridgehead atoms. The third kappa shape index (κ3) is 5.06. The van der Waals surface area contributed by atoms with Crippen molar-refractivity contribution in [3.8, 4) is 28.3 Å². The van der Waals surface area contributed by atoms with Gasteiger partial charge in [-0.3, -0.25) is 9.48 Å². The van der Waals surface area contributed by atoms with Gasteiger partial charge in [0.05, 0.1) is 16.8 Å². The van der Waals surface area contributed by atoms with Crippen LogP contribution in [0.3, 0.4) is 0 Å². The third-order valence-electron chi connectivity index (χ3n) is 6.30. The molecule has 11 nitrogen and oxygen atoms in total. The number of hydrogen-bond acceptors (Lipinski definition) is 7. The number of nitrogens with one attached hydrogen (secondary N) is 1. The molecule has 0 saturated carbocycles. The van der Waals surface area contributed by atoms with Gasteiger partial charge in [-0.2, -0.15) is 5.10 Å². The van der Waals surface area contributed by atoms with Crippen LogP contribution in [0.1, 0.15) is 26.3 Å². The van der Waals surface area contributed by atoms with E-state index in [0.717, 1.165) is 33.8 Å². The molecule has 0 aliphatic carbocycles. The second-order valence-electron chi connectivity index (χ2n) is 9.03. The van der Waals surface area contributed by atoms with Crippen molar-refractivity contribution in [1.82, 2.24) is 24.3 Å². The average molecular weight is 526 g/mol. The molecule has 0 saturated heterocycles. The zero-order valence-corrected chi connectivity index (χ0v) is 22.9. The largest absolute Gasteiger partial charge is 0.424 e. The fourth-order valence-electron chi connectivity index (χ4n) is 4.23. The summed E-state index contributed by atoms with van der Waals surface area (Å²) in [4.78, 5) is 29.3. The van der Waals surface area contributed by atoms with Crippen LogP contribution in [0, 0.1) is 6.92 Å². The molecule has 3 heterocycles. The van der Waals surface area contributed by atoms with E-state index in [1.807, 2.05) is 69.8 Å². The molecule has 3 aromatic heterocycles. The topological polar surface area (TPSA) is 138 Å². The van der Waals surface area contributed by atoms with Crippen LogP contribution in [-0.2, 0) is 18.9 Å². The number of nitrogens with zero attached hydrogens (tertiary/aromatic N) is 7. The van der Waals surface area contributed by atoms with Crippen molar-refractivity contribution in [2.24, 2.45) is 24.1 Å². The minimum absolute atomic E-state index is 0.150. The predicted octanol–water partition coefficient (Wildman–Crippen LogP) is 4.80. The Morgan fingerprint density at radius 3 is 2.46 bits per heavy atom. The van der Waals surface area contributed by atoms with Gasteiger partial charge in [-0.05, 0) is 52.1 Å². The summed E-state index contributed by atoms with van der Waals surface area (Å²) in [5.41, 5.74) is 12.3.